The fraction of sp³-hybridized carbons (Fsp3) is 0.435. The topological polar surface area (TPSA) is 92.2 Å². The Hall–Kier alpha value is -3.37. The average Bonchev–Trinajstić information content (AvgIpc) is 3.26. The molecule has 0 spiro atoms. The van der Waals surface area contributed by atoms with Crippen molar-refractivity contribution in [3.8, 4) is 17.1 Å². The molecule has 5 rings (SSSR count). The Labute approximate surface area is 191 Å². The van der Waals surface area contributed by atoms with E-state index in [1.165, 1.54) is 10.7 Å². The SMILES string of the molecule is CCc1nc(C)cn2nc(-c3c[n+](=O)n4cc(OCCCN5CCOCC5)ccc4n3)cc12. The predicted molar refractivity (Wildman–Crippen MR) is 122 cm³/mol. The molecule has 0 bridgehead atoms. The Morgan fingerprint density at radius 2 is 2.00 bits per heavy atom. The van der Waals surface area contributed by atoms with Crippen molar-refractivity contribution < 1.29 is 14.0 Å². The summed E-state index contributed by atoms with van der Waals surface area (Å²) in [6.07, 6.45) is 6.69. The molecule has 172 valence electrons. The zero-order valence-corrected chi connectivity index (χ0v) is 19.0. The Morgan fingerprint density at radius 1 is 1.15 bits per heavy atom. The summed E-state index contributed by atoms with van der Waals surface area (Å²) in [7, 11) is 0. The van der Waals surface area contributed by atoms with Crippen LogP contribution < -0.4 is 9.28 Å². The first kappa shape index (κ1) is 21.5. The number of aromatic nitrogens is 6. The van der Waals surface area contributed by atoms with Crippen LogP contribution in [0.3, 0.4) is 0 Å². The summed E-state index contributed by atoms with van der Waals surface area (Å²) in [5.74, 6) is 0.635. The van der Waals surface area contributed by atoms with E-state index in [2.05, 4.69) is 26.9 Å². The highest BCUT2D eigenvalue weighted by atomic mass is 16.5. The van der Waals surface area contributed by atoms with Crippen molar-refractivity contribution in [3.63, 3.8) is 0 Å². The second kappa shape index (κ2) is 9.24. The van der Waals surface area contributed by atoms with Crippen LogP contribution in [0.4, 0.5) is 0 Å². The molecule has 0 aliphatic carbocycles. The number of hydrogen-bond donors (Lipinski definition) is 0. The molecule has 0 radical (unpaired) electrons. The second-order valence-electron chi connectivity index (χ2n) is 8.19. The summed E-state index contributed by atoms with van der Waals surface area (Å²) < 4.78 is 15.2. The molecule has 0 unspecified atom stereocenters. The van der Waals surface area contributed by atoms with E-state index in [0.29, 0.717) is 29.4 Å². The third-order valence-corrected chi connectivity index (χ3v) is 5.80. The molecular weight excluding hydrogens is 422 g/mol. The Kier molecular flexibility index (Phi) is 6.01. The van der Waals surface area contributed by atoms with Gasteiger partial charge >= 0.3 is 0 Å². The maximum Gasteiger partial charge on any atom is 0.285 e. The van der Waals surface area contributed by atoms with Gasteiger partial charge in [-0.25, -0.2) is 9.50 Å². The van der Waals surface area contributed by atoms with E-state index >= 15 is 0 Å². The van der Waals surface area contributed by atoms with Gasteiger partial charge in [0, 0.05) is 19.6 Å². The second-order valence-corrected chi connectivity index (χ2v) is 8.19. The zero-order valence-electron chi connectivity index (χ0n) is 19.0. The first-order valence-electron chi connectivity index (χ1n) is 11.4. The molecule has 10 nitrogen and oxygen atoms in total. The van der Waals surface area contributed by atoms with Crippen molar-refractivity contribution in [1.29, 1.82) is 0 Å². The molecule has 0 aromatic carbocycles. The summed E-state index contributed by atoms with van der Waals surface area (Å²) in [4.78, 5) is 24.4. The van der Waals surface area contributed by atoms with Gasteiger partial charge in [0.2, 0.25) is 0 Å². The summed E-state index contributed by atoms with van der Waals surface area (Å²) >= 11 is 0. The lowest BCUT2D eigenvalue weighted by molar-refractivity contribution is -0.577. The van der Waals surface area contributed by atoms with Gasteiger partial charge in [-0.2, -0.15) is 5.10 Å². The highest BCUT2D eigenvalue weighted by molar-refractivity contribution is 5.65. The molecular formula is C23H28N7O3+. The van der Waals surface area contributed by atoms with Crippen LogP contribution in [0, 0.1) is 11.8 Å². The summed E-state index contributed by atoms with van der Waals surface area (Å²) in [5.41, 5.74) is 4.44. The van der Waals surface area contributed by atoms with Crippen LogP contribution in [-0.4, -0.2) is 68.5 Å². The van der Waals surface area contributed by atoms with Gasteiger partial charge in [0.15, 0.2) is 15.9 Å². The van der Waals surface area contributed by atoms with Gasteiger partial charge in [-0.05, 0) is 38.0 Å². The number of morpholine rings is 1. The van der Waals surface area contributed by atoms with Crippen molar-refractivity contribution in [1.82, 2.24) is 29.0 Å². The van der Waals surface area contributed by atoms with Gasteiger partial charge in [0.25, 0.3) is 6.20 Å². The van der Waals surface area contributed by atoms with E-state index in [9.17, 15) is 4.91 Å². The van der Waals surface area contributed by atoms with Crippen LogP contribution in [0.5, 0.6) is 5.75 Å². The molecule has 0 amide bonds. The monoisotopic (exact) mass is 450 g/mol. The Bertz CT molecular complexity index is 1340. The summed E-state index contributed by atoms with van der Waals surface area (Å²) in [6, 6.07) is 5.55. The van der Waals surface area contributed by atoms with Crippen molar-refractivity contribution in [2.24, 2.45) is 0 Å². The van der Waals surface area contributed by atoms with Crippen molar-refractivity contribution in [3.05, 3.63) is 53.1 Å². The molecule has 10 heteroatoms. The van der Waals surface area contributed by atoms with E-state index in [0.717, 1.165) is 67.1 Å². The maximum atomic E-state index is 12.8. The molecule has 33 heavy (non-hydrogen) atoms. The highest BCUT2D eigenvalue weighted by Gasteiger charge is 2.17. The Morgan fingerprint density at radius 3 is 2.82 bits per heavy atom. The van der Waals surface area contributed by atoms with Crippen molar-refractivity contribution >= 4 is 11.2 Å². The minimum atomic E-state index is 0.507. The normalized spacial score (nSPS) is 14.8. The van der Waals surface area contributed by atoms with Crippen molar-refractivity contribution in [2.45, 2.75) is 26.7 Å². The number of rotatable bonds is 7. The lowest BCUT2D eigenvalue weighted by Crippen LogP contribution is -2.37. The number of nitrogens with zero attached hydrogens (tertiary/aromatic N) is 7. The van der Waals surface area contributed by atoms with Gasteiger partial charge < -0.3 is 9.47 Å². The molecule has 1 aliphatic heterocycles. The van der Waals surface area contributed by atoms with Crippen LogP contribution in [0.2, 0.25) is 0 Å². The van der Waals surface area contributed by atoms with Crippen LogP contribution in [0.25, 0.3) is 22.6 Å². The fourth-order valence-corrected chi connectivity index (χ4v) is 4.11. The van der Waals surface area contributed by atoms with E-state index in [1.807, 2.05) is 25.3 Å². The lowest BCUT2D eigenvalue weighted by atomic mass is 10.2. The van der Waals surface area contributed by atoms with E-state index in [1.54, 1.807) is 16.8 Å². The third kappa shape index (κ3) is 4.57. The largest absolute Gasteiger partial charge is 0.492 e. The molecule has 4 aromatic heterocycles. The molecule has 0 atom stereocenters. The molecule has 1 saturated heterocycles. The van der Waals surface area contributed by atoms with E-state index < -0.39 is 0 Å². The first-order valence-corrected chi connectivity index (χ1v) is 11.4. The van der Waals surface area contributed by atoms with Crippen LogP contribution in [0.15, 0.2) is 36.8 Å². The van der Waals surface area contributed by atoms with Gasteiger partial charge in [0.1, 0.15) is 17.6 Å². The molecule has 0 N–H and O–H groups in total. The Balaban J connectivity index is 1.34. The van der Waals surface area contributed by atoms with Gasteiger partial charge in [-0.15, -0.1) is 0 Å². The lowest BCUT2D eigenvalue weighted by Gasteiger charge is -2.26. The quantitative estimate of drug-likeness (QED) is 0.314. The molecule has 0 saturated carbocycles. The predicted octanol–water partition coefficient (Wildman–Crippen LogP) is 1.93. The average molecular weight is 451 g/mol. The van der Waals surface area contributed by atoms with Crippen LogP contribution in [-0.2, 0) is 11.2 Å². The van der Waals surface area contributed by atoms with E-state index in [-0.39, 0.29) is 0 Å². The van der Waals surface area contributed by atoms with Gasteiger partial charge in [0.05, 0.1) is 47.8 Å². The molecule has 5 heterocycles. The van der Waals surface area contributed by atoms with Crippen molar-refractivity contribution in [2.75, 3.05) is 39.5 Å². The smallest absolute Gasteiger partial charge is 0.285 e. The zero-order chi connectivity index (χ0) is 22.8. The number of hydrogen-bond acceptors (Lipinski definition) is 7. The molecule has 1 aliphatic rings. The van der Waals surface area contributed by atoms with Crippen LogP contribution in [0.1, 0.15) is 24.7 Å². The van der Waals surface area contributed by atoms with Crippen LogP contribution >= 0.6 is 0 Å². The van der Waals surface area contributed by atoms with Gasteiger partial charge in [-0.1, -0.05) is 11.4 Å². The minimum Gasteiger partial charge on any atom is -0.492 e. The number of fused-ring (bicyclic) bond motifs is 2. The first-order chi connectivity index (χ1) is 16.1. The number of aryl methyl sites for hydroxylation is 2. The summed E-state index contributed by atoms with van der Waals surface area (Å²) in [6.45, 7) is 9.10. The van der Waals surface area contributed by atoms with Gasteiger partial charge in [-0.3, -0.25) is 9.88 Å². The molecule has 4 aromatic rings. The highest BCUT2D eigenvalue weighted by Crippen LogP contribution is 2.20. The minimum absolute atomic E-state index is 0.507. The standard InChI is InChI=1S/C23H28N7O3/c1-3-19-22-13-20(26-28(22)14-17(2)24-19)21-16-30(31)29-15-18(5-6-23(29)25-21)33-10-4-7-27-8-11-32-12-9-27/h5-6,13-16H,3-4,7-12H2,1-2H3/q+1. The molecule has 1 fully saturated rings. The number of pyridine rings is 1. The number of ether oxygens (including phenoxy) is 2. The maximum absolute atomic E-state index is 12.8. The fourth-order valence-electron chi connectivity index (χ4n) is 4.11. The summed E-state index contributed by atoms with van der Waals surface area (Å²) in [5, 5.41) is 4.62. The third-order valence-electron chi connectivity index (χ3n) is 5.80. The van der Waals surface area contributed by atoms with E-state index in [4.69, 9.17) is 9.47 Å².